The Kier molecular flexibility index (Phi) is 4.83. The summed E-state index contributed by atoms with van der Waals surface area (Å²) in [7, 11) is 0. The van der Waals surface area contributed by atoms with Crippen LogP contribution < -0.4 is 4.74 Å². The summed E-state index contributed by atoms with van der Waals surface area (Å²) in [6, 6.07) is 1.74. The molecule has 1 aromatic heterocycles. The Balaban J connectivity index is 2.82. The number of pyridine rings is 1. The summed E-state index contributed by atoms with van der Waals surface area (Å²) in [5.41, 5.74) is -6.28. The van der Waals surface area contributed by atoms with Crippen molar-refractivity contribution in [3.05, 3.63) is 35.0 Å². The monoisotopic (exact) mass is 379 g/mol. The largest absolute Gasteiger partial charge is 0.480 e. The van der Waals surface area contributed by atoms with Gasteiger partial charge >= 0.3 is 18.0 Å². The lowest BCUT2D eigenvalue weighted by Crippen LogP contribution is -2.50. The number of terminal acetylenes is 1. The maximum Gasteiger partial charge on any atom is 0.435 e. The topological polar surface area (TPSA) is 22.1 Å². The van der Waals surface area contributed by atoms with E-state index in [1.807, 2.05) is 0 Å². The molecule has 0 unspecified atom stereocenters. The predicted molar refractivity (Wildman–Crippen MR) is 80.4 cm³/mol. The number of alkyl halides is 7. The van der Waals surface area contributed by atoms with Gasteiger partial charge in [0.1, 0.15) is 12.4 Å². The van der Waals surface area contributed by atoms with Gasteiger partial charge in [-0.15, -0.1) is 6.42 Å². The molecule has 0 aliphatic rings. The van der Waals surface area contributed by atoms with Gasteiger partial charge in [0.25, 0.3) is 0 Å². The van der Waals surface area contributed by atoms with Gasteiger partial charge in [0.15, 0.2) is 0 Å². The van der Waals surface area contributed by atoms with Crippen molar-refractivity contribution in [1.82, 2.24) is 4.98 Å². The van der Waals surface area contributed by atoms with Crippen molar-refractivity contribution in [2.24, 2.45) is 0 Å². The van der Waals surface area contributed by atoms with E-state index in [-0.39, 0.29) is 23.3 Å². The molecule has 2 nitrogen and oxygen atoms in total. The molecule has 1 heterocycles. The number of aromatic nitrogens is 1. The van der Waals surface area contributed by atoms with E-state index in [4.69, 9.17) is 11.2 Å². The fraction of sp³-hybridized carbons (Fsp3) is 0.353. The maximum atomic E-state index is 14.3. The highest BCUT2D eigenvalue weighted by atomic mass is 19.4. The van der Waals surface area contributed by atoms with Crippen LogP contribution in [0.1, 0.15) is 16.8 Å². The lowest BCUT2D eigenvalue weighted by atomic mass is 9.92. The summed E-state index contributed by atoms with van der Waals surface area (Å²) in [6.07, 6.45) is -7.33. The first-order chi connectivity index (χ1) is 11.8. The molecule has 0 saturated carbocycles. The number of hydrogen-bond donors (Lipinski definition) is 0. The maximum absolute atomic E-state index is 14.3. The number of fused-ring (bicyclic) bond motifs is 1. The molecule has 0 radical (unpaired) electrons. The zero-order chi connectivity index (χ0) is 19.9. The summed E-state index contributed by atoms with van der Waals surface area (Å²) in [4.78, 5) is 4.07. The minimum atomic E-state index is -6.20. The highest BCUT2D eigenvalue weighted by molar-refractivity contribution is 5.87. The van der Waals surface area contributed by atoms with Gasteiger partial charge in [0, 0.05) is 22.2 Å². The molecule has 26 heavy (non-hydrogen) atoms. The van der Waals surface area contributed by atoms with Gasteiger partial charge in [-0.05, 0) is 26.0 Å². The van der Waals surface area contributed by atoms with Crippen LogP contribution in [0.4, 0.5) is 30.7 Å². The molecule has 1 aromatic carbocycles. The van der Waals surface area contributed by atoms with E-state index in [2.05, 4.69) is 10.9 Å². The predicted octanol–water partition coefficient (Wildman–Crippen LogP) is 5.15. The normalized spacial score (nSPS) is 12.9. The van der Waals surface area contributed by atoms with Crippen molar-refractivity contribution >= 4 is 10.9 Å². The molecule has 0 atom stereocenters. The third-order valence-electron chi connectivity index (χ3n) is 3.89. The van der Waals surface area contributed by atoms with Gasteiger partial charge in [-0.3, -0.25) is 4.98 Å². The van der Waals surface area contributed by atoms with E-state index >= 15 is 0 Å². The standard InChI is InChI=1S/C17H12F7NO/c1-4-7-26-14-9(2)10(3)25-13-6-5-11(8-12(13)14)15(18,16(19,20)21)17(22,23)24/h1,5-6,8H,7H2,2-3H3. The molecular formula is C17H12F7NO. The van der Waals surface area contributed by atoms with Crippen LogP contribution in [-0.4, -0.2) is 23.9 Å². The number of aryl methyl sites for hydroxylation is 1. The second-order valence-corrected chi connectivity index (χ2v) is 5.53. The van der Waals surface area contributed by atoms with E-state index in [1.54, 1.807) is 6.92 Å². The Bertz CT molecular complexity index is 864. The highest BCUT2D eigenvalue weighted by Crippen LogP contribution is 2.53. The SMILES string of the molecule is C#CCOc1c(C)c(C)nc2ccc(C(F)(C(F)(F)F)C(F)(F)F)cc12. The summed E-state index contributed by atoms with van der Waals surface area (Å²) >= 11 is 0. The van der Waals surface area contributed by atoms with Crippen LogP contribution >= 0.6 is 0 Å². The fourth-order valence-corrected chi connectivity index (χ4v) is 2.45. The van der Waals surface area contributed by atoms with E-state index in [1.165, 1.54) is 6.92 Å². The second-order valence-electron chi connectivity index (χ2n) is 5.53. The van der Waals surface area contributed by atoms with Crippen LogP contribution in [-0.2, 0) is 5.67 Å². The first kappa shape index (κ1) is 19.8. The third-order valence-corrected chi connectivity index (χ3v) is 3.89. The van der Waals surface area contributed by atoms with Crippen molar-refractivity contribution in [2.45, 2.75) is 31.9 Å². The van der Waals surface area contributed by atoms with Gasteiger partial charge in [-0.2, -0.15) is 26.3 Å². The van der Waals surface area contributed by atoms with E-state index < -0.39 is 23.6 Å². The van der Waals surface area contributed by atoms with Crippen molar-refractivity contribution in [3.8, 4) is 18.1 Å². The summed E-state index contributed by atoms with van der Waals surface area (Å²) < 4.78 is 97.3. The molecule has 0 fully saturated rings. The number of ether oxygens (including phenoxy) is 1. The van der Waals surface area contributed by atoms with Crippen LogP contribution in [0.3, 0.4) is 0 Å². The smallest absolute Gasteiger partial charge is 0.435 e. The number of nitrogens with zero attached hydrogens (tertiary/aromatic N) is 1. The minimum absolute atomic E-state index is 0.0426. The zero-order valence-corrected chi connectivity index (χ0v) is 13.5. The van der Waals surface area contributed by atoms with Crippen LogP contribution in [0.25, 0.3) is 10.9 Å². The van der Waals surface area contributed by atoms with E-state index in [0.29, 0.717) is 23.4 Å². The number of rotatable bonds is 3. The summed E-state index contributed by atoms with van der Waals surface area (Å²) in [5.74, 6) is 2.10. The summed E-state index contributed by atoms with van der Waals surface area (Å²) in [5, 5.41) is -0.198. The molecule has 0 aliphatic carbocycles. The number of hydrogen-bond acceptors (Lipinski definition) is 2. The van der Waals surface area contributed by atoms with Crippen molar-refractivity contribution in [2.75, 3.05) is 6.61 Å². The quantitative estimate of drug-likeness (QED) is 0.543. The second kappa shape index (κ2) is 6.34. The Hall–Kier alpha value is -2.50. The molecule has 140 valence electrons. The molecule has 0 aliphatic heterocycles. The molecule has 0 saturated heterocycles. The average molecular weight is 379 g/mol. The van der Waals surface area contributed by atoms with Crippen molar-refractivity contribution in [1.29, 1.82) is 0 Å². The van der Waals surface area contributed by atoms with E-state index in [0.717, 1.165) is 6.07 Å². The molecule has 0 spiro atoms. The summed E-state index contributed by atoms with van der Waals surface area (Å²) in [6.45, 7) is 2.82. The molecule has 0 bridgehead atoms. The van der Waals surface area contributed by atoms with Gasteiger partial charge in [-0.1, -0.05) is 12.0 Å². The molecule has 2 rings (SSSR count). The Morgan fingerprint density at radius 1 is 1.04 bits per heavy atom. The first-order valence-corrected chi connectivity index (χ1v) is 7.14. The van der Waals surface area contributed by atoms with Crippen LogP contribution in [0.5, 0.6) is 5.75 Å². The average Bonchev–Trinajstić information content (AvgIpc) is 2.52. The Morgan fingerprint density at radius 3 is 2.12 bits per heavy atom. The molecular weight excluding hydrogens is 367 g/mol. The zero-order valence-electron chi connectivity index (χ0n) is 13.5. The van der Waals surface area contributed by atoms with Gasteiger partial charge in [0.05, 0.1) is 5.52 Å². The Morgan fingerprint density at radius 2 is 1.62 bits per heavy atom. The Labute approximate surface area is 144 Å². The highest BCUT2D eigenvalue weighted by Gasteiger charge is 2.73. The lowest BCUT2D eigenvalue weighted by Gasteiger charge is -2.30. The third kappa shape index (κ3) is 3.04. The van der Waals surface area contributed by atoms with Crippen molar-refractivity contribution < 1.29 is 35.5 Å². The number of benzene rings is 1. The van der Waals surface area contributed by atoms with Gasteiger partial charge in [0.2, 0.25) is 0 Å². The van der Waals surface area contributed by atoms with Crippen LogP contribution in [0.15, 0.2) is 18.2 Å². The van der Waals surface area contributed by atoms with E-state index in [9.17, 15) is 30.7 Å². The molecule has 0 N–H and O–H groups in total. The molecule has 0 amide bonds. The molecule has 9 heteroatoms. The minimum Gasteiger partial charge on any atom is -0.480 e. The number of halogens is 7. The van der Waals surface area contributed by atoms with Crippen LogP contribution in [0, 0.1) is 26.2 Å². The first-order valence-electron chi connectivity index (χ1n) is 7.14. The van der Waals surface area contributed by atoms with Gasteiger partial charge in [-0.25, -0.2) is 4.39 Å². The fourth-order valence-electron chi connectivity index (χ4n) is 2.45. The molecule has 2 aromatic rings. The van der Waals surface area contributed by atoms with Crippen molar-refractivity contribution in [3.63, 3.8) is 0 Å². The van der Waals surface area contributed by atoms with Gasteiger partial charge < -0.3 is 4.74 Å². The lowest BCUT2D eigenvalue weighted by molar-refractivity contribution is -0.348. The van der Waals surface area contributed by atoms with Crippen LogP contribution in [0.2, 0.25) is 0 Å².